The number of hydrogen-bond donors (Lipinski definition) is 1. The summed E-state index contributed by atoms with van der Waals surface area (Å²) in [6.45, 7) is 0. The molecule has 3 rings (SSSR count). The van der Waals surface area contributed by atoms with Crippen molar-refractivity contribution >= 4 is 29.2 Å². The van der Waals surface area contributed by atoms with Crippen LogP contribution in [0.1, 0.15) is 12.8 Å². The van der Waals surface area contributed by atoms with Crippen LogP contribution in [0.2, 0.25) is 0 Å². The van der Waals surface area contributed by atoms with Crippen molar-refractivity contribution in [3.8, 4) is 0 Å². The average molecular weight is 201 g/mol. The maximum Gasteiger partial charge on any atom is 0.106 e. The molecule has 0 radical (unpaired) electrons. The van der Waals surface area contributed by atoms with Crippen LogP contribution < -0.4 is 0 Å². The number of rotatable bonds is 0. The van der Waals surface area contributed by atoms with E-state index >= 15 is 0 Å². The first-order chi connectivity index (χ1) is 5.87. The van der Waals surface area contributed by atoms with Crippen LogP contribution in [0.5, 0.6) is 0 Å². The van der Waals surface area contributed by atoms with E-state index < -0.39 is 0 Å². The lowest BCUT2D eigenvalue weighted by Crippen LogP contribution is -2.27. The predicted octanol–water partition coefficient (Wildman–Crippen LogP) is 2.03. The fraction of sp³-hybridized carbons (Fsp3) is 0.875. The summed E-state index contributed by atoms with van der Waals surface area (Å²) in [5, 5.41) is 12.4. The average Bonchev–Trinajstić information content (AvgIpc) is 2.60. The van der Waals surface area contributed by atoms with E-state index in [4.69, 9.17) is 5.21 Å². The molecule has 0 aromatic rings. The molecular weight excluding hydrogens is 190 g/mol. The van der Waals surface area contributed by atoms with Gasteiger partial charge in [-0.1, -0.05) is 5.16 Å². The summed E-state index contributed by atoms with van der Waals surface area (Å²) >= 11 is 4.01. The van der Waals surface area contributed by atoms with Crippen LogP contribution in [0.3, 0.4) is 0 Å². The van der Waals surface area contributed by atoms with E-state index in [1.807, 2.05) is 23.5 Å². The van der Waals surface area contributed by atoms with Gasteiger partial charge in [0.2, 0.25) is 0 Å². The van der Waals surface area contributed by atoms with E-state index in [2.05, 4.69) is 5.16 Å². The van der Waals surface area contributed by atoms with Gasteiger partial charge in [-0.05, 0) is 24.7 Å². The Morgan fingerprint density at radius 1 is 1.42 bits per heavy atom. The fourth-order valence-corrected chi connectivity index (χ4v) is 6.16. The van der Waals surface area contributed by atoms with Crippen molar-refractivity contribution in [1.82, 2.24) is 0 Å². The third kappa shape index (κ3) is 0.777. The van der Waals surface area contributed by atoms with Crippen LogP contribution in [0.4, 0.5) is 0 Å². The molecule has 1 saturated heterocycles. The molecule has 0 bridgehead atoms. The Morgan fingerprint density at radius 3 is 2.83 bits per heavy atom. The zero-order valence-corrected chi connectivity index (χ0v) is 8.33. The van der Waals surface area contributed by atoms with Gasteiger partial charge in [-0.2, -0.15) is 0 Å². The molecule has 1 spiro atoms. The molecule has 4 heteroatoms. The van der Waals surface area contributed by atoms with Crippen LogP contribution in [-0.4, -0.2) is 26.5 Å². The van der Waals surface area contributed by atoms with Gasteiger partial charge in [-0.25, -0.2) is 0 Å². The second kappa shape index (κ2) is 2.35. The van der Waals surface area contributed by atoms with E-state index in [0.717, 1.165) is 24.0 Å². The predicted molar refractivity (Wildman–Crippen MR) is 53.1 cm³/mol. The van der Waals surface area contributed by atoms with E-state index in [1.54, 1.807) is 0 Å². The summed E-state index contributed by atoms with van der Waals surface area (Å²) < 4.78 is 0.222. The smallest absolute Gasteiger partial charge is 0.106 e. The Balaban J connectivity index is 1.98. The molecule has 0 aromatic heterocycles. The molecule has 2 atom stereocenters. The fourth-order valence-electron chi connectivity index (χ4n) is 2.46. The van der Waals surface area contributed by atoms with Crippen LogP contribution in [0.15, 0.2) is 5.16 Å². The van der Waals surface area contributed by atoms with Crippen LogP contribution >= 0.6 is 23.5 Å². The maximum atomic E-state index is 8.89. The second-order valence-corrected chi connectivity index (χ2v) is 6.66. The third-order valence-corrected chi connectivity index (χ3v) is 6.82. The highest BCUT2D eigenvalue weighted by Crippen LogP contribution is 2.67. The number of nitrogens with zero attached hydrogens (tertiary/aromatic N) is 1. The van der Waals surface area contributed by atoms with Gasteiger partial charge in [0, 0.05) is 11.5 Å². The Morgan fingerprint density at radius 2 is 2.17 bits per heavy atom. The van der Waals surface area contributed by atoms with Crippen molar-refractivity contribution < 1.29 is 5.21 Å². The standard InChI is InChI=1S/C8H11NOS2/c10-9-7-4-5-3-6(5)8(7)11-1-2-12-8/h5-6,10H,1-4H2/b9-7+/t5-,6-/m1/s1. The Kier molecular flexibility index (Phi) is 1.48. The van der Waals surface area contributed by atoms with E-state index in [0.29, 0.717) is 0 Å². The van der Waals surface area contributed by atoms with Crippen molar-refractivity contribution in [3.05, 3.63) is 0 Å². The van der Waals surface area contributed by atoms with Crippen molar-refractivity contribution in [2.75, 3.05) is 11.5 Å². The van der Waals surface area contributed by atoms with Gasteiger partial charge in [-0.15, -0.1) is 23.5 Å². The molecule has 0 unspecified atom stereocenters. The van der Waals surface area contributed by atoms with Crippen LogP contribution in [0.25, 0.3) is 0 Å². The Bertz CT molecular complexity index is 247. The molecule has 2 nitrogen and oxygen atoms in total. The summed E-state index contributed by atoms with van der Waals surface area (Å²) in [6.07, 6.45) is 2.43. The molecule has 66 valence electrons. The normalized spacial score (nSPS) is 45.5. The van der Waals surface area contributed by atoms with Gasteiger partial charge in [0.05, 0.1) is 5.71 Å². The van der Waals surface area contributed by atoms with Gasteiger partial charge in [-0.3, -0.25) is 0 Å². The first kappa shape index (κ1) is 7.56. The van der Waals surface area contributed by atoms with E-state index in [9.17, 15) is 0 Å². The molecule has 2 aliphatic carbocycles. The minimum Gasteiger partial charge on any atom is -0.411 e. The van der Waals surface area contributed by atoms with Crippen LogP contribution in [-0.2, 0) is 0 Å². The molecule has 0 amide bonds. The van der Waals surface area contributed by atoms with Crippen molar-refractivity contribution in [2.45, 2.75) is 16.9 Å². The summed E-state index contributed by atoms with van der Waals surface area (Å²) in [5.74, 6) is 4.15. The Labute approximate surface area is 80.2 Å². The van der Waals surface area contributed by atoms with Gasteiger partial charge in [0.1, 0.15) is 4.08 Å². The maximum absolute atomic E-state index is 8.89. The highest BCUT2D eigenvalue weighted by atomic mass is 32.2. The molecular formula is C8H11NOS2. The summed E-state index contributed by atoms with van der Waals surface area (Å²) in [5.41, 5.74) is 1.07. The monoisotopic (exact) mass is 201 g/mol. The molecule has 3 fully saturated rings. The van der Waals surface area contributed by atoms with E-state index in [1.165, 1.54) is 17.9 Å². The molecule has 1 N–H and O–H groups in total. The first-order valence-corrected chi connectivity index (χ1v) is 6.33. The number of fused-ring (bicyclic) bond motifs is 2. The number of thioether (sulfide) groups is 2. The first-order valence-electron chi connectivity index (χ1n) is 4.36. The number of oxime groups is 1. The lowest BCUT2D eigenvalue weighted by molar-refractivity contribution is 0.316. The molecule has 3 aliphatic rings. The van der Waals surface area contributed by atoms with Gasteiger partial charge in [0.25, 0.3) is 0 Å². The summed E-state index contributed by atoms with van der Waals surface area (Å²) in [4.78, 5) is 0. The lowest BCUT2D eigenvalue weighted by atomic mass is 10.2. The zero-order valence-electron chi connectivity index (χ0n) is 6.69. The second-order valence-electron chi connectivity index (χ2n) is 3.72. The third-order valence-electron chi connectivity index (χ3n) is 3.11. The molecule has 1 aliphatic heterocycles. The van der Waals surface area contributed by atoms with E-state index in [-0.39, 0.29) is 4.08 Å². The Hall–Kier alpha value is 0.170. The summed E-state index contributed by atoms with van der Waals surface area (Å²) in [6, 6.07) is 0. The summed E-state index contributed by atoms with van der Waals surface area (Å²) in [7, 11) is 0. The molecule has 0 aromatic carbocycles. The molecule has 1 heterocycles. The quantitative estimate of drug-likeness (QED) is 0.481. The van der Waals surface area contributed by atoms with Crippen molar-refractivity contribution in [2.24, 2.45) is 17.0 Å². The zero-order chi connectivity index (χ0) is 8.18. The van der Waals surface area contributed by atoms with Gasteiger partial charge >= 0.3 is 0 Å². The molecule has 2 saturated carbocycles. The minimum absolute atomic E-state index is 0.222. The topological polar surface area (TPSA) is 32.6 Å². The van der Waals surface area contributed by atoms with Crippen molar-refractivity contribution in [1.29, 1.82) is 0 Å². The van der Waals surface area contributed by atoms with Gasteiger partial charge < -0.3 is 5.21 Å². The van der Waals surface area contributed by atoms with Crippen LogP contribution in [0, 0.1) is 11.8 Å². The minimum atomic E-state index is 0.222. The molecule has 12 heavy (non-hydrogen) atoms. The lowest BCUT2D eigenvalue weighted by Gasteiger charge is -2.23. The largest absolute Gasteiger partial charge is 0.411 e. The highest BCUT2D eigenvalue weighted by molar-refractivity contribution is 8.22. The van der Waals surface area contributed by atoms with Crippen molar-refractivity contribution in [3.63, 3.8) is 0 Å². The highest BCUT2D eigenvalue weighted by Gasteiger charge is 2.64. The van der Waals surface area contributed by atoms with Gasteiger partial charge in [0.15, 0.2) is 0 Å². The SMILES string of the molecule is O/N=C1\C[C@H]2C[C@H]2C12SCCS2. The number of hydrogen-bond acceptors (Lipinski definition) is 4.